The van der Waals surface area contributed by atoms with Crippen LogP contribution in [-0.2, 0) is 6.54 Å². The molecular weight excluding hydrogens is 246 g/mol. The largest absolute Gasteiger partial charge is 0.370 e. The molecule has 0 radical (unpaired) electrons. The second-order valence-electron chi connectivity index (χ2n) is 7.34. The smallest absolute Gasteiger partial charge is 0.0598 e. The van der Waals surface area contributed by atoms with Crippen LogP contribution in [0, 0.1) is 11.3 Å². The van der Waals surface area contributed by atoms with Gasteiger partial charge in [0.1, 0.15) is 0 Å². The van der Waals surface area contributed by atoms with E-state index in [-0.39, 0.29) is 0 Å². The van der Waals surface area contributed by atoms with Crippen molar-refractivity contribution in [2.45, 2.75) is 53.6 Å². The number of hydrogen-bond donors (Lipinski definition) is 1. The molecular formula is C17H29N3. The van der Waals surface area contributed by atoms with E-state index in [2.05, 4.69) is 55.9 Å². The van der Waals surface area contributed by atoms with Crippen LogP contribution >= 0.6 is 0 Å². The molecule has 2 heterocycles. The first-order chi connectivity index (χ1) is 9.38. The SMILES string of the molecule is CC(C)NCc1ccncc1N1CCC(C(C)(C)C)C1. The van der Waals surface area contributed by atoms with E-state index in [0.717, 1.165) is 25.6 Å². The maximum absolute atomic E-state index is 4.33. The molecule has 1 N–H and O–H groups in total. The van der Waals surface area contributed by atoms with Gasteiger partial charge in [0.25, 0.3) is 0 Å². The molecule has 1 saturated heterocycles. The van der Waals surface area contributed by atoms with Crippen molar-refractivity contribution in [3.05, 3.63) is 24.0 Å². The maximum Gasteiger partial charge on any atom is 0.0598 e. The molecule has 2 rings (SSSR count). The van der Waals surface area contributed by atoms with Crippen molar-refractivity contribution in [1.82, 2.24) is 10.3 Å². The fourth-order valence-electron chi connectivity index (χ4n) is 2.85. The van der Waals surface area contributed by atoms with E-state index >= 15 is 0 Å². The van der Waals surface area contributed by atoms with E-state index in [1.165, 1.54) is 17.7 Å². The summed E-state index contributed by atoms with van der Waals surface area (Å²) in [6.45, 7) is 14.7. The molecule has 0 aliphatic carbocycles. The van der Waals surface area contributed by atoms with E-state index in [1.54, 1.807) is 0 Å². The van der Waals surface area contributed by atoms with Gasteiger partial charge in [0.2, 0.25) is 0 Å². The van der Waals surface area contributed by atoms with Gasteiger partial charge in [-0.2, -0.15) is 0 Å². The van der Waals surface area contributed by atoms with E-state index in [1.807, 2.05) is 12.4 Å². The van der Waals surface area contributed by atoms with Crippen LogP contribution in [0.3, 0.4) is 0 Å². The Balaban J connectivity index is 2.09. The second kappa shape index (κ2) is 6.13. The number of anilines is 1. The monoisotopic (exact) mass is 275 g/mol. The van der Waals surface area contributed by atoms with Crippen LogP contribution in [-0.4, -0.2) is 24.1 Å². The molecule has 1 unspecified atom stereocenters. The number of rotatable bonds is 4. The van der Waals surface area contributed by atoms with Crippen molar-refractivity contribution in [2.75, 3.05) is 18.0 Å². The lowest BCUT2D eigenvalue weighted by atomic mass is 9.80. The van der Waals surface area contributed by atoms with Crippen molar-refractivity contribution >= 4 is 5.69 Å². The van der Waals surface area contributed by atoms with E-state index in [4.69, 9.17) is 0 Å². The summed E-state index contributed by atoms with van der Waals surface area (Å²) >= 11 is 0. The highest BCUT2D eigenvalue weighted by atomic mass is 15.2. The van der Waals surface area contributed by atoms with Gasteiger partial charge < -0.3 is 10.2 Å². The van der Waals surface area contributed by atoms with Crippen LogP contribution < -0.4 is 10.2 Å². The molecule has 20 heavy (non-hydrogen) atoms. The number of aromatic nitrogens is 1. The van der Waals surface area contributed by atoms with E-state index < -0.39 is 0 Å². The predicted octanol–water partition coefficient (Wildman–Crippen LogP) is 3.45. The molecule has 3 nitrogen and oxygen atoms in total. The lowest BCUT2D eigenvalue weighted by Crippen LogP contribution is -2.28. The quantitative estimate of drug-likeness (QED) is 0.912. The molecule has 1 aliphatic rings. The fourth-order valence-corrected chi connectivity index (χ4v) is 2.85. The standard InChI is InChI=1S/C17H29N3/c1-13(2)19-10-14-6-8-18-11-16(14)20-9-7-15(12-20)17(3,4)5/h6,8,11,13,15,19H,7,9-10,12H2,1-5H3. The highest BCUT2D eigenvalue weighted by Crippen LogP contribution is 2.36. The third-order valence-corrected chi connectivity index (χ3v) is 4.34. The van der Waals surface area contributed by atoms with Crippen LogP contribution in [0.2, 0.25) is 0 Å². The molecule has 1 atom stereocenters. The normalized spacial score (nSPS) is 19.9. The van der Waals surface area contributed by atoms with Gasteiger partial charge >= 0.3 is 0 Å². The van der Waals surface area contributed by atoms with E-state index in [9.17, 15) is 0 Å². The number of pyridine rings is 1. The number of nitrogens with one attached hydrogen (secondary N) is 1. The molecule has 1 aromatic heterocycles. The van der Waals surface area contributed by atoms with Crippen LogP contribution in [0.1, 0.15) is 46.6 Å². The second-order valence-corrected chi connectivity index (χ2v) is 7.34. The Labute approximate surface area is 123 Å². The molecule has 0 spiro atoms. The summed E-state index contributed by atoms with van der Waals surface area (Å²) in [5.41, 5.74) is 3.07. The van der Waals surface area contributed by atoms with Crippen molar-refractivity contribution in [1.29, 1.82) is 0 Å². The van der Waals surface area contributed by atoms with Crippen molar-refractivity contribution in [3.63, 3.8) is 0 Å². The van der Waals surface area contributed by atoms with Gasteiger partial charge in [0, 0.05) is 31.9 Å². The molecule has 0 amide bonds. The first-order valence-corrected chi connectivity index (χ1v) is 7.79. The Morgan fingerprint density at radius 3 is 2.75 bits per heavy atom. The number of nitrogens with zero attached hydrogens (tertiary/aromatic N) is 2. The van der Waals surface area contributed by atoms with Gasteiger partial charge in [-0.15, -0.1) is 0 Å². The lowest BCUT2D eigenvalue weighted by molar-refractivity contribution is 0.263. The third-order valence-electron chi connectivity index (χ3n) is 4.34. The zero-order chi connectivity index (χ0) is 14.8. The molecule has 112 valence electrons. The van der Waals surface area contributed by atoms with Crippen LogP contribution in [0.5, 0.6) is 0 Å². The Morgan fingerprint density at radius 1 is 1.40 bits per heavy atom. The minimum Gasteiger partial charge on any atom is -0.370 e. The Hall–Kier alpha value is -1.09. The maximum atomic E-state index is 4.33. The predicted molar refractivity (Wildman–Crippen MR) is 86.0 cm³/mol. The molecule has 1 aromatic rings. The van der Waals surface area contributed by atoms with Gasteiger partial charge in [-0.1, -0.05) is 34.6 Å². The van der Waals surface area contributed by atoms with Crippen LogP contribution in [0.15, 0.2) is 18.5 Å². The van der Waals surface area contributed by atoms with Gasteiger partial charge in [-0.3, -0.25) is 4.98 Å². The first kappa shape index (κ1) is 15.3. The Bertz CT molecular complexity index is 434. The Kier molecular flexibility index (Phi) is 4.69. The summed E-state index contributed by atoms with van der Waals surface area (Å²) in [7, 11) is 0. The Morgan fingerprint density at radius 2 is 2.15 bits per heavy atom. The zero-order valence-corrected chi connectivity index (χ0v) is 13.6. The molecule has 0 aromatic carbocycles. The van der Waals surface area contributed by atoms with Crippen molar-refractivity contribution < 1.29 is 0 Å². The zero-order valence-electron chi connectivity index (χ0n) is 13.6. The first-order valence-electron chi connectivity index (χ1n) is 7.79. The van der Waals surface area contributed by atoms with Crippen LogP contribution in [0.4, 0.5) is 5.69 Å². The van der Waals surface area contributed by atoms with Crippen molar-refractivity contribution in [3.8, 4) is 0 Å². The summed E-state index contributed by atoms with van der Waals surface area (Å²) in [6, 6.07) is 2.66. The topological polar surface area (TPSA) is 28.2 Å². The number of hydrogen-bond acceptors (Lipinski definition) is 3. The summed E-state index contributed by atoms with van der Waals surface area (Å²) in [5.74, 6) is 0.772. The van der Waals surface area contributed by atoms with Crippen molar-refractivity contribution in [2.24, 2.45) is 11.3 Å². The average Bonchev–Trinajstić information content (AvgIpc) is 2.86. The third kappa shape index (κ3) is 3.72. The summed E-state index contributed by atoms with van der Waals surface area (Å²) in [5, 5.41) is 3.51. The van der Waals surface area contributed by atoms with Gasteiger partial charge in [0.15, 0.2) is 0 Å². The minimum absolute atomic E-state index is 0.396. The molecule has 0 bridgehead atoms. The van der Waals surface area contributed by atoms with Gasteiger partial charge in [0.05, 0.1) is 11.9 Å². The summed E-state index contributed by atoms with van der Waals surface area (Å²) in [4.78, 5) is 6.85. The lowest BCUT2D eigenvalue weighted by Gasteiger charge is -2.28. The molecule has 1 aliphatic heterocycles. The molecule has 1 fully saturated rings. The van der Waals surface area contributed by atoms with Gasteiger partial charge in [-0.25, -0.2) is 0 Å². The summed E-state index contributed by atoms with van der Waals surface area (Å²) < 4.78 is 0. The highest BCUT2D eigenvalue weighted by Gasteiger charge is 2.32. The molecule has 0 saturated carbocycles. The minimum atomic E-state index is 0.396. The van der Waals surface area contributed by atoms with E-state index in [0.29, 0.717) is 11.5 Å². The molecule has 3 heteroatoms. The summed E-state index contributed by atoms with van der Waals surface area (Å²) in [6.07, 6.45) is 5.22. The highest BCUT2D eigenvalue weighted by molar-refractivity contribution is 5.52. The fraction of sp³-hybridized carbons (Fsp3) is 0.706. The van der Waals surface area contributed by atoms with Gasteiger partial charge in [-0.05, 0) is 29.4 Å². The van der Waals surface area contributed by atoms with Crippen LogP contribution in [0.25, 0.3) is 0 Å². The average molecular weight is 275 g/mol.